The Hall–Kier alpha value is -3.73. The third-order valence-electron chi connectivity index (χ3n) is 5.01. The van der Waals surface area contributed by atoms with Crippen molar-refractivity contribution < 1.29 is 19.2 Å². The van der Waals surface area contributed by atoms with E-state index in [1.54, 1.807) is 24.3 Å². The zero-order valence-corrected chi connectivity index (χ0v) is 14.1. The van der Waals surface area contributed by atoms with E-state index in [4.69, 9.17) is 4.84 Å². The number of fused-ring (bicyclic) bond motifs is 4. The molecule has 0 fully saturated rings. The maximum Gasteiger partial charge on any atom is 0.345 e. The Morgan fingerprint density at radius 2 is 1.07 bits per heavy atom. The number of hydrogen-bond donors (Lipinski definition) is 0. The predicted molar refractivity (Wildman–Crippen MR) is 96.8 cm³/mol. The summed E-state index contributed by atoms with van der Waals surface area (Å²) in [6, 6.07) is 21.6. The number of imide groups is 1. The molecule has 3 aromatic rings. The first kappa shape index (κ1) is 15.5. The standard InChI is InChI=1S/C22H13NO4/c24-20-17-11-5-6-12-18(17)21(25)23(20)27-22(26)19-15-9-3-1-7-13(15)14-8-2-4-10-16(14)19/h1-12,19H. The first-order valence-electron chi connectivity index (χ1n) is 8.54. The summed E-state index contributed by atoms with van der Waals surface area (Å²) in [6.07, 6.45) is 0. The number of carbonyl (C=O) groups is 3. The number of amides is 2. The van der Waals surface area contributed by atoms with Crippen LogP contribution in [0, 0.1) is 0 Å². The molecule has 0 spiro atoms. The monoisotopic (exact) mass is 355 g/mol. The third-order valence-corrected chi connectivity index (χ3v) is 5.01. The predicted octanol–water partition coefficient (Wildman–Crippen LogP) is 3.55. The van der Waals surface area contributed by atoms with E-state index < -0.39 is 23.7 Å². The molecule has 0 bridgehead atoms. The molecule has 0 atom stereocenters. The Morgan fingerprint density at radius 3 is 1.56 bits per heavy atom. The molecule has 1 heterocycles. The summed E-state index contributed by atoms with van der Waals surface area (Å²) in [7, 11) is 0. The van der Waals surface area contributed by atoms with Crippen LogP contribution in [0.5, 0.6) is 0 Å². The van der Waals surface area contributed by atoms with Crippen molar-refractivity contribution in [3.8, 4) is 11.1 Å². The van der Waals surface area contributed by atoms with Gasteiger partial charge >= 0.3 is 5.97 Å². The Kier molecular flexibility index (Phi) is 3.24. The first-order valence-corrected chi connectivity index (χ1v) is 8.54. The number of carbonyl (C=O) groups excluding carboxylic acids is 3. The molecular weight excluding hydrogens is 342 g/mol. The highest BCUT2D eigenvalue weighted by Gasteiger charge is 2.42. The average molecular weight is 355 g/mol. The van der Waals surface area contributed by atoms with Crippen LogP contribution in [0.3, 0.4) is 0 Å². The number of nitrogens with zero attached hydrogens (tertiary/aromatic N) is 1. The van der Waals surface area contributed by atoms with Crippen LogP contribution in [0.25, 0.3) is 11.1 Å². The van der Waals surface area contributed by atoms with Crippen LogP contribution in [0.4, 0.5) is 0 Å². The molecule has 0 unspecified atom stereocenters. The van der Waals surface area contributed by atoms with Gasteiger partial charge in [-0.15, -0.1) is 0 Å². The molecule has 2 aliphatic rings. The molecule has 0 aromatic heterocycles. The van der Waals surface area contributed by atoms with Crippen molar-refractivity contribution in [1.82, 2.24) is 5.06 Å². The molecule has 3 aromatic carbocycles. The second-order valence-electron chi connectivity index (χ2n) is 6.47. The first-order chi connectivity index (χ1) is 13.2. The van der Waals surface area contributed by atoms with Crippen LogP contribution in [0.2, 0.25) is 0 Å². The van der Waals surface area contributed by atoms with Gasteiger partial charge in [0.1, 0.15) is 5.92 Å². The van der Waals surface area contributed by atoms with Gasteiger partial charge in [-0.3, -0.25) is 9.59 Å². The van der Waals surface area contributed by atoms with Crippen LogP contribution < -0.4 is 0 Å². The van der Waals surface area contributed by atoms with E-state index in [-0.39, 0.29) is 11.1 Å². The fraction of sp³-hybridized carbons (Fsp3) is 0.0455. The molecule has 0 radical (unpaired) electrons. The van der Waals surface area contributed by atoms with E-state index in [0.29, 0.717) is 5.06 Å². The second-order valence-corrected chi connectivity index (χ2v) is 6.47. The van der Waals surface area contributed by atoms with Crippen LogP contribution in [0.15, 0.2) is 72.8 Å². The lowest BCUT2D eigenvalue weighted by Gasteiger charge is -2.17. The van der Waals surface area contributed by atoms with Gasteiger partial charge in [-0.25, -0.2) is 4.79 Å². The van der Waals surface area contributed by atoms with Gasteiger partial charge in [-0.1, -0.05) is 65.7 Å². The fourth-order valence-corrected chi connectivity index (χ4v) is 3.80. The topological polar surface area (TPSA) is 63.7 Å². The van der Waals surface area contributed by atoms with Crippen molar-refractivity contribution >= 4 is 17.8 Å². The number of rotatable bonds is 2. The molecule has 1 aliphatic heterocycles. The van der Waals surface area contributed by atoms with Gasteiger partial charge in [-0.2, -0.15) is 0 Å². The molecule has 2 amide bonds. The van der Waals surface area contributed by atoms with Crippen molar-refractivity contribution in [2.24, 2.45) is 0 Å². The summed E-state index contributed by atoms with van der Waals surface area (Å²) in [6.45, 7) is 0. The van der Waals surface area contributed by atoms with Gasteiger partial charge in [0.25, 0.3) is 11.8 Å². The van der Waals surface area contributed by atoms with E-state index in [0.717, 1.165) is 22.3 Å². The lowest BCUT2D eigenvalue weighted by molar-refractivity contribution is -0.169. The third kappa shape index (κ3) is 2.15. The normalized spacial score (nSPS) is 14.7. The molecule has 5 heteroatoms. The molecule has 27 heavy (non-hydrogen) atoms. The summed E-state index contributed by atoms with van der Waals surface area (Å²) in [4.78, 5) is 43.3. The van der Waals surface area contributed by atoms with Crippen LogP contribution in [-0.2, 0) is 9.63 Å². The maximum absolute atomic E-state index is 13.0. The van der Waals surface area contributed by atoms with Crippen molar-refractivity contribution in [2.75, 3.05) is 0 Å². The largest absolute Gasteiger partial charge is 0.345 e. The quantitative estimate of drug-likeness (QED) is 0.660. The van der Waals surface area contributed by atoms with Crippen molar-refractivity contribution in [1.29, 1.82) is 0 Å². The zero-order chi connectivity index (χ0) is 18.5. The van der Waals surface area contributed by atoms with Crippen molar-refractivity contribution in [2.45, 2.75) is 5.92 Å². The van der Waals surface area contributed by atoms with E-state index in [1.807, 2.05) is 48.5 Å². The van der Waals surface area contributed by atoms with Crippen molar-refractivity contribution in [3.05, 3.63) is 95.1 Å². The molecule has 0 N–H and O–H groups in total. The Balaban J connectivity index is 1.51. The van der Waals surface area contributed by atoms with Gasteiger partial charge < -0.3 is 4.84 Å². The smallest absolute Gasteiger partial charge is 0.329 e. The summed E-state index contributed by atoms with van der Waals surface area (Å²) < 4.78 is 0. The van der Waals surface area contributed by atoms with Crippen LogP contribution in [-0.4, -0.2) is 22.8 Å². The number of benzene rings is 3. The Labute approximate surface area is 154 Å². The molecule has 130 valence electrons. The highest BCUT2D eigenvalue weighted by Crippen LogP contribution is 2.45. The minimum absolute atomic E-state index is 0.238. The van der Waals surface area contributed by atoms with Gasteiger partial charge in [0, 0.05) is 0 Å². The summed E-state index contributed by atoms with van der Waals surface area (Å²) in [5.74, 6) is -2.57. The zero-order valence-electron chi connectivity index (χ0n) is 14.1. The van der Waals surface area contributed by atoms with E-state index in [9.17, 15) is 14.4 Å². The molecule has 1 aliphatic carbocycles. The SMILES string of the molecule is O=C(ON1C(=O)c2ccccc2C1=O)C1c2ccccc2-c2ccccc21. The molecule has 5 nitrogen and oxygen atoms in total. The van der Waals surface area contributed by atoms with Gasteiger partial charge in [-0.05, 0) is 34.4 Å². The Morgan fingerprint density at radius 1 is 0.667 bits per heavy atom. The molecule has 0 saturated heterocycles. The van der Waals surface area contributed by atoms with Crippen molar-refractivity contribution in [3.63, 3.8) is 0 Å². The fourth-order valence-electron chi connectivity index (χ4n) is 3.80. The lowest BCUT2D eigenvalue weighted by Crippen LogP contribution is -2.34. The number of hydrogen-bond acceptors (Lipinski definition) is 4. The molecular formula is C22H13NO4. The summed E-state index contributed by atoms with van der Waals surface area (Å²) in [5.41, 5.74) is 4.00. The number of hydroxylamine groups is 2. The van der Waals surface area contributed by atoms with E-state index in [2.05, 4.69) is 0 Å². The average Bonchev–Trinajstić information content (AvgIpc) is 3.16. The van der Waals surface area contributed by atoms with E-state index in [1.165, 1.54) is 0 Å². The lowest BCUT2D eigenvalue weighted by atomic mass is 9.97. The maximum atomic E-state index is 13.0. The molecule has 5 rings (SSSR count). The highest BCUT2D eigenvalue weighted by atomic mass is 16.7. The Bertz CT molecular complexity index is 1050. The van der Waals surface area contributed by atoms with Crippen LogP contribution >= 0.6 is 0 Å². The highest BCUT2D eigenvalue weighted by molar-refractivity contribution is 6.21. The van der Waals surface area contributed by atoms with Gasteiger partial charge in [0.2, 0.25) is 0 Å². The van der Waals surface area contributed by atoms with E-state index >= 15 is 0 Å². The summed E-state index contributed by atoms with van der Waals surface area (Å²) >= 11 is 0. The van der Waals surface area contributed by atoms with Crippen LogP contribution in [0.1, 0.15) is 37.8 Å². The second kappa shape index (κ2) is 5.64. The molecule has 0 saturated carbocycles. The summed E-state index contributed by atoms with van der Waals surface area (Å²) in [5, 5.41) is 0.566. The minimum Gasteiger partial charge on any atom is -0.329 e. The van der Waals surface area contributed by atoms with Gasteiger partial charge in [0.05, 0.1) is 11.1 Å². The van der Waals surface area contributed by atoms with Gasteiger partial charge in [0.15, 0.2) is 0 Å². The minimum atomic E-state index is -0.679.